The van der Waals surface area contributed by atoms with Crippen LogP contribution in [0.3, 0.4) is 0 Å². The molecule has 6 nitrogen and oxygen atoms in total. The fraction of sp³-hybridized carbons (Fsp3) is 0.250. The van der Waals surface area contributed by atoms with E-state index in [2.05, 4.69) is 17.1 Å². The van der Waals surface area contributed by atoms with Gasteiger partial charge in [-0.3, -0.25) is 0 Å². The van der Waals surface area contributed by atoms with Crippen molar-refractivity contribution in [2.75, 3.05) is 12.4 Å². The largest absolute Gasteiger partial charge is 0.463 e. The van der Waals surface area contributed by atoms with E-state index in [9.17, 15) is 15.3 Å². The molecule has 33 heavy (non-hydrogen) atoms. The van der Waals surface area contributed by atoms with Gasteiger partial charge in [0.15, 0.2) is 0 Å². The molecule has 0 amide bonds. The van der Waals surface area contributed by atoms with Crippen molar-refractivity contribution in [1.82, 2.24) is 4.98 Å². The molecule has 1 aliphatic heterocycles. The molecule has 0 aliphatic carbocycles. The van der Waals surface area contributed by atoms with Crippen LogP contribution in [0.15, 0.2) is 56.4 Å². The highest BCUT2D eigenvalue weighted by Gasteiger charge is 2.37. The number of ether oxygens (including phenoxy) is 1. The van der Waals surface area contributed by atoms with E-state index < -0.39 is 11.9 Å². The second kappa shape index (κ2) is 10.8. The Hall–Kier alpha value is -2.91. The number of hydrogen-bond donors (Lipinski definition) is 1. The first-order valence-corrected chi connectivity index (χ1v) is 12.2. The summed E-state index contributed by atoms with van der Waals surface area (Å²) >= 11 is 8.97. The van der Waals surface area contributed by atoms with E-state index in [4.69, 9.17) is 22.1 Å². The number of benzene rings is 1. The second-order valence-corrected chi connectivity index (χ2v) is 9.67. The number of hydrogen-bond acceptors (Lipinski definition) is 8. The first-order valence-electron chi connectivity index (χ1n) is 10.1. The Labute approximate surface area is 206 Å². The van der Waals surface area contributed by atoms with Gasteiger partial charge >= 0.3 is 5.97 Å². The van der Waals surface area contributed by atoms with Crippen molar-refractivity contribution in [3.8, 4) is 12.1 Å². The number of aryl methyl sites for hydroxylation is 2. The Bertz CT molecular complexity index is 1260. The summed E-state index contributed by atoms with van der Waals surface area (Å²) in [5, 5.41) is 20.8. The molecule has 0 spiro atoms. The summed E-state index contributed by atoms with van der Waals surface area (Å²) in [5.41, 5.74) is 9.60. The van der Waals surface area contributed by atoms with Gasteiger partial charge in [0.2, 0.25) is 0 Å². The molecule has 0 fully saturated rings. The predicted molar refractivity (Wildman–Crippen MR) is 131 cm³/mol. The van der Waals surface area contributed by atoms with Gasteiger partial charge < -0.3 is 10.5 Å². The number of pyridine rings is 1. The molecule has 2 heterocycles. The molecular formula is C24H21ClN4O2S2. The molecule has 0 saturated heterocycles. The van der Waals surface area contributed by atoms with Gasteiger partial charge in [0.05, 0.1) is 40.3 Å². The third kappa shape index (κ3) is 5.20. The maximum atomic E-state index is 13.1. The number of halogens is 1. The zero-order chi connectivity index (χ0) is 24.1. The lowest BCUT2D eigenvalue weighted by atomic mass is 9.84. The summed E-state index contributed by atoms with van der Waals surface area (Å²) < 4.78 is 5.36. The van der Waals surface area contributed by atoms with Crippen molar-refractivity contribution >= 4 is 41.1 Å². The fourth-order valence-electron chi connectivity index (χ4n) is 3.55. The Morgan fingerprint density at radius 2 is 2.03 bits per heavy atom. The van der Waals surface area contributed by atoms with Crippen molar-refractivity contribution < 1.29 is 9.53 Å². The van der Waals surface area contributed by atoms with Gasteiger partial charge in [0.25, 0.3) is 0 Å². The third-order valence-electron chi connectivity index (χ3n) is 4.97. The summed E-state index contributed by atoms with van der Waals surface area (Å²) in [6.07, 6.45) is 0. The first-order chi connectivity index (χ1) is 15.8. The zero-order valence-electron chi connectivity index (χ0n) is 18.3. The van der Waals surface area contributed by atoms with Crippen LogP contribution >= 0.6 is 35.1 Å². The van der Waals surface area contributed by atoms with Crippen LogP contribution in [0.2, 0.25) is 5.02 Å². The highest BCUT2D eigenvalue weighted by atomic mass is 35.5. The van der Waals surface area contributed by atoms with Crippen molar-refractivity contribution in [3.05, 3.63) is 78.8 Å². The standard InChI is InChI=1S/C24H21ClN4O2S2/c1-4-31-24(30)21-19(12-32-23-16(10-26)13(2)9-14(3)29-23)33-22(28)17(11-27)20(21)15-7-5-6-8-18(15)25/h5-9,20H,4,12,28H2,1-3H3. The molecule has 0 bridgehead atoms. The zero-order valence-corrected chi connectivity index (χ0v) is 20.7. The van der Waals surface area contributed by atoms with Crippen molar-refractivity contribution in [2.45, 2.75) is 31.7 Å². The lowest BCUT2D eigenvalue weighted by molar-refractivity contribution is -0.138. The van der Waals surface area contributed by atoms with Crippen LogP contribution in [-0.2, 0) is 9.53 Å². The first kappa shape index (κ1) is 24.7. The number of nitrogens with zero attached hydrogens (tertiary/aromatic N) is 3. The molecular weight excluding hydrogens is 476 g/mol. The molecule has 0 radical (unpaired) electrons. The van der Waals surface area contributed by atoms with Gasteiger partial charge in [-0.15, -0.1) is 0 Å². The van der Waals surface area contributed by atoms with Gasteiger partial charge in [-0.05, 0) is 44.0 Å². The molecule has 1 aliphatic rings. The van der Waals surface area contributed by atoms with E-state index in [0.717, 1.165) is 11.3 Å². The van der Waals surface area contributed by atoms with Crippen LogP contribution < -0.4 is 5.73 Å². The highest BCUT2D eigenvalue weighted by molar-refractivity contribution is 8.08. The van der Waals surface area contributed by atoms with Gasteiger partial charge in [-0.2, -0.15) is 10.5 Å². The highest BCUT2D eigenvalue weighted by Crippen LogP contribution is 2.48. The summed E-state index contributed by atoms with van der Waals surface area (Å²) in [6.45, 7) is 5.63. The normalized spacial score (nSPS) is 15.8. The minimum absolute atomic E-state index is 0.182. The monoisotopic (exact) mass is 496 g/mol. The van der Waals surface area contributed by atoms with Gasteiger partial charge in [0.1, 0.15) is 11.1 Å². The lowest BCUT2D eigenvalue weighted by Crippen LogP contribution is -2.23. The number of nitriles is 2. The summed E-state index contributed by atoms with van der Waals surface area (Å²) in [6, 6.07) is 13.3. The molecule has 2 N–H and O–H groups in total. The van der Waals surface area contributed by atoms with Crippen LogP contribution in [0.4, 0.5) is 0 Å². The third-order valence-corrected chi connectivity index (χ3v) is 7.55. The molecule has 2 aromatic rings. The smallest absolute Gasteiger partial charge is 0.335 e. The van der Waals surface area contributed by atoms with Gasteiger partial charge in [-0.25, -0.2) is 9.78 Å². The molecule has 9 heteroatoms. The number of esters is 1. The SMILES string of the molecule is CCOC(=O)C1=C(CSc2nc(C)cc(C)c2C#N)SC(N)=C(C#N)C1c1ccccc1Cl. The molecule has 168 valence electrons. The van der Waals surface area contributed by atoms with E-state index >= 15 is 0 Å². The number of carbonyl (C=O) groups is 1. The number of thioether (sulfide) groups is 2. The Kier molecular flexibility index (Phi) is 8.10. The van der Waals surface area contributed by atoms with E-state index in [1.807, 2.05) is 19.9 Å². The summed E-state index contributed by atoms with van der Waals surface area (Å²) in [4.78, 5) is 18.3. The average molecular weight is 497 g/mol. The van der Waals surface area contributed by atoms with Gasteiger partial charge in [0, 0.05) is 21.4 Å². The Morgan fingerprint density at radius 1 is 1.30 bits per heavy atom. The molecule has 1 unspecified atom stereocenters. The molecule has 3 rings (SSSR count). The minimum Gasteiger partial charge on any atom is -0.463 e. The predicted octanol–water partition coefficient (Wildman–Crippen LogP) is 5.36. The quantitative estimate of drug-likeness (QED) is 0.420. The van der Waals surface area contributed by atoms with Crippen LogP contribution in [0.25, 0.3) is 0 Å². The number of carbonyl (C=O) groups excluding carboxylic acids is 1. The number of rotatable bonds is 6. The average Bonchev–Trinajstić information content (AvgIpc) is 2.77. The van der Waals surface area contributed by atoms with Gasteiger partial charge in [-0.1, -0.05) is 53.3 Å². The maximum Gasteiger partial charge on any atom is 0.335 e. The molecule has 1 aromatic carbocycles. The van der Waals surface area contributed by atoms with Crippen LogP contribution in [0.1, 0.15) is 35.2 Å². The maximum absolute atomic E-state index is 13.1. The van der Waals surface area contributed by atoms with E-state index in [1.54, 1.807) is 31.2 Å². The van der Waals surface area contributed by atoms with E-state index in [-0.39, 0.29) is 12.2 Å². The number of nitrogens with two attached hydrogens (primary N) is 1. The lowest BCUT2D eigenvalue weighted by Gasteiger charge is -2.28. The van der Waals surface area contributed by atoms with E-state index in [0.29, 0.717) is 42.4 Å². The second-order valence-electron chi connectivity index (χ2n) is 7.16. The van der Waals surface area contributed by atoms with Crippen molar-refractivity contribution in [3.63, 3.8) is 0 Å². The van der Waals surface area contributed by atoms with Crippen LogP contribution in [-0.4, -0.2) is 23.3 Å². The number of allylic oxidation sites excluding steroid dienone is 1. The fourth-order valence-corrected chi connectivity index (χ4v) is 6.04. The topological polar surface area (TPSA) is 113 Å². The van der Waals surface area contributed by atoms with Crippen molar-refractivity contribution in [2.24, 2.45) is 5.73 Å². The summed E-state index contributed by atoms with van der Waals surface area (Å²) in [5.74, 6) is -0.953. The molecule has 0 saturated carbocycles. The Balaban J connectivity index is 2.14. The summed E-state index contributed by atoms with van der Waals surface area (Å²) in [7, 11) is 0. The van der Waals surface area contributed by atoms with Crippen LogP contribution in [0.5, 0.6) is 0 Å². The number of aromatic nitrogens is 1. The van der Waals surface area contributed by atoms with E-state index in [1.165, 1.54) is 23.5 Å². The Morgan fingerprint density at radius 3 is 2.67 bits per heavy atom. The minimum atomic E-state index is -0.748. The molecule has 1 atom stereocenters. The van der Waals surface area contributed by atoms with Crippen molar-refractivity contribution in [1.29, 1.82) is 10.5 Å². The molecule has 1 aromatic heterocycles. The van der Waals surface area contributed by atoms with Crippen LogP contribution in [0, 0.1) is 36.5 Å².